The number of carbonyl (C=O) groups is 1. The molecule has 0 bridgehead atoms. The van der Waals surface area contributed by atoms with Crippen molar-refractivity contribution in [3.63, 3.8) is 0 Å². The van der Waals surface area contributed by atoms with Crippen molar-refractivity contribution in [3.8, 4) is 11.5 Å². The minimum atomic E-state index is -4.00. The molecule has 1 atom stereocenters. The molecule has 3 aromatic carbocycles. The Morgan fingerprint density at radius 2 is 1.18 bits per heavy atom. The summed E-state index contributed by atoms with van der Waals surface area (Å²) in [4.78, 5) is 12.8. The fourth-order valence-corrected chi connectivity index (χ4v) is 6.04. The zero-order chi connectivity index (χ0) is 28.8. The van der Waals surface area contributed by atoms with E-state index in [2.05, 4.69) is 46.9 Å². The van der Waals surface area contributed by atoms with E-state index in [0.717, 1.165) is 16.7 Å². The number of benzene rings is 3. The smallest absolute Gasteiger partial charge is 0.445 e. The molecule has 3 rings (SSSR count). The summed E-state index contributed by atoms with van der Waals surface area (Å²) in [5.74, 6) is -0.473. The van der Waals surface area contributed by atoms with E-state index in [1.54, 1.807) is 24.3 Å². The van der Waals surface area contributed by atoms with E-state index in [1.165, 1.54) is 0 Å². The predicted octanol–water partition coefficient (Wildman–Crippen LogP) is 8.84. The number of hydrogen-bond acceptors (Lipinski definition) is 5. The lowest BCUT2D eigenvalue weighted by molar-refractivity contribution is 0.135. The molecule has 1 amide bonds. The van der Waals surface area contributed by atoms with Crippen LogP contribution in [0, 0.1) is 5.92 Å². The monoisotopic (exact) mass is 551 g/mol. The topological polar surface area (TPSA) is 73.9 Å². The highest BCUT2D eigenvalue weighted by Gasteiger charge is 2.43. The van der Waals surface area contributed by atoms with Gasteiger partial charge in [-0.15, -0.1) is 0 Å². The second-order valence-corrected chi connectivity index (χ2v) is 14.2. The molecule has 0 saturated heterocycles. The first-order valence-corrected chi connectivity index (χ1v) is 15.0. The van der Waals surface area contributed by atoms with E-state index in [-0.39, 0.29) is 23.4 Å². The molecule has 6 nitrogen and oxygen atoms in total. The van der Waals surface area contributed by atoms with Crippen molar-refractivity contribution in [1.82, 2.24) is 5.32 Å². The molecule has 39 heavy (non-hydrogen) atoms. The van der Waals surface area contributed by atoms with Crippen LogP contribution < -0.4 is 14.4 Å². The Morgan fingerprint density at radius 3 is 1.56 bits per heavy atom. The molecular weight excluding hydrogens is 509 g/mol. The molecule has 0 aliphatic rings. The van der Waals surface area contributed by atoms with Crippen LogP contribution in [0.1, 0.15) is 72.1 Å². The van der Waals surface area contributed by atoms with Crippen LogP contribution in [0.5, 0.6) is 11.5 Å². The zero-order valence-electron chi connectivity index (χ0n) is 24.4. The summed E-state index contributed by atoms with van der Waals surface area (Å²) in [7, 11) is -4.00. The standard InChI is InChI=1S/C32H42NO5P/c1-23(2)29(33-30(34)36-22-24-12-10-9-11-13-24)39(35,37-27-18-14-25(15-19-27)31(3,4)5)38-28-20-16-26(17-21-28)32(6,7)8/h9-21,23,29H,22H2,1-8H3,(H,33,34)/t29-/m0/s1. The van der Waals surface area contributed by atoms with Gasteiger partial charge in [0.2, 0.25) is 0 Å². The van der Waals surface area contributed by atoms with E-state index < -0.39 is 19.5 Å². The maximum absolute atomic E-state index is 14.6. The fourth-order valence-electron chi connectivity index (χ4n) is 3.95. The van der Waals surface area contributed by atoms with Crippen molar-refractivity contribution in [3.05, 3.63) is 95.6 Å². The van der Waals surface area contributed by atoms with E-state index in [0.29, 0.717) is 11.5 Å². The van der Waals surface area contributed by atoms with Gasteiger partial charge in [0.25, 0.3) is 0 Å². The molecule has 0 heterocycles. The lowest BCUT2D eigenvalue weighted by atomic mass is 9.87. The first-order valence-electron chi connectivity index (χ1n) is 13.3. The third-order valence-corrected chi connectivity index (χ3v) is 8.69. The van der Waals surface area contributed by atoms with Crippen LogP contribution in [-0.2, 0) is 26.7 Å². The van der Waals surface area contributed by atoms with E-state index in [9.17, 15) is 9.36 Å². The number of alkyl carbamates (subject to hydrolysis) is 1. The predicted molar refractivity (Wildman–Crippen MR) is 158 cm³/mol. The van der Waals surface area contributed by atoms with Gasteiger partial charge >= 0.3 is 13.7 Å². The van der Waals surface area contributed by atoms with Gasteiger partial charge in [0.15, 0.2) is 5.78 Å². The summed E-state index contributed by atoms with van der Waals surface area (Å²) < 4.78 is 32.2. The lowest BCUT2D eigenvalue weighted by Gasteiger charge is -2.30. The van der Waals surface area contributed by atoms with Gasteiger partial charge in [-0.25, -0.2) is 9.36 Å². The number of rotatable bonds is 9. The maximum atomic E-state index is 14.6. The van der Waals surface area contributed by atoms with Gasteiger partial charge in [-0.2, -0.15) is 0 Å². The summed E-state index contributed by atoms with van der Waals surface area (Å²) in [5, 5.41) is 2.76. The maximum Gasteiger partial charge on any atom is 0.453 e. The molecule has 210 valence electrons. The van der Waals surface area contributed by atoms with Gasteiger partial charge in [0.05, 0.1) is 0 Å². The first kappa shape index (κ1) is 30.3. The van der Waals surface area contributed by atoms with Gasteiger partial charge in [-0.3, -0.25) is 0 Å². The second-order valence-electron chi connectivity index (χ2n) is 12.2. The summed E-state index contributed by atoms with van der Waals surface area (Å²) in [6.07, 6.45) is -0.698. The third-order valence-electron chi connectivity index (χ3n) is 6.36. The number of hydrogen-bond donors (Lipinski definition) is 1. The van der Waals surface area contributed by atoms with Crippen molar-refractivity contribution in [2.45, 2.75) is 78.6 Å². The van der Waals surface area contributed by atoms with Crippen molar-refractivity contribution in [2.24, 2.45) is 5.92 Å². The number of carbonyl (C=O) groups excluding carboxylic acids is 1. The molecular formula is C32H42NO5P. The van der Waals surface area contributed by atoms with Gasteiger partial charge in [0.1, 0.15) is 18.1 Å². The summed E-state index contributed by atoms with van der Waals surface area (Å²) in [6.45, 7) is 16.5. The van der Waals surface area contributed by atoms with Crippen molar-refractivity contribution in [1.29, 1.82) is 0 Å². The number of ether oxygens (including phenoxy) is 1. The minimum absolute atomic E-state index is 0.0436. The molecule has 0 saturated carbocycles. The van der Waals surface area contributed by atoms with E-state index in [4.69, 9.17) is 13.8 Å². The number of nitrogens with one attached hydrogen (secondary N) is 1. The van der Waals surface area contributed by atoms with Crippen LogP contribution in [0.15, 0.2) is 78.9 Å². The second kappa shape index (κ2) is 12.3. The third kappa shape index (κ3) is 8.63. The quantitative estimate of drug-likeness (QED) is 0.269. The van der Waals surface area contributed by atoms with E-state index >= 15 is 0 Å². The Balaban J connectivity index is 1.89. The fraction of sp³-hybridized carbons (Fsp3) is 0.406. The van der Waals surface area contributed by atoms with Gasteiger partial charge in [0, 0.05) is 0 Å². The highest BCUT2D eigenvalue weighted by molar-refractivity contribution is 7.55. The molecule has 1 N–H and O–H groups in total. The molecule has 7 heteroatoms. The molecule has 0 aliphatic heterocycles. The average molecular weight is 552 g/mol. The van der Waals surface area contributed by atoms with Crippen LogP contribution in [0.3, 0.4) is 0 Å². The summed E-state index contributed by atoms with van der Waals surface area (Å²) in [6, 6.07) is 24.3. The normalized spacial score (nSPS) is 13.1. The Morgan fingerprint density at radius 1 is 0.744 bits per heavy atom. The Hall–Kier alpha value is -3.24. The Bertz CT molecular complexity index is 1190. The minimum Gasteiger partial charge on any atom is -0.445 e. The lowest BCUT2D eigenvalue weighted by Crippen LogP contribution is -2.41. The van der Waals surface area contributed by atoms with Gasteiger partial charge in [-0.05, 0) is 57.7 Å². The van der Waals surface area contributed by atoms with Gasteiger partial charge in [-0.1, -0.05) is 110 Å². The summed E-state index contributed by atoms with van der Waals surface area (Å²) >= 11 is 0. The summed E-state index contributed by atoms with van der Waals surface area (Å²) in [5.41, 5.74) is 3.00. The van der Waals surface area contributed by atoms with Crippen LogP contribution in [0.25, 0.3) is 0 Å². The first-order chi connectivity index (χ1) is 18.2. The molecule has 0 fully saturated rings. The highest BCUT2D eigenvalue weighted by Crippen LogP contribution is 2.54. The van der Waals surface area contributed by atoms with Gasteiger partial charge < -0.3 is 19.1 Å². The zero-order valence-corrected chi connectivity index (χ0v) is 25.3. The highest BCUT2D eigenvalue weighted by atomic mass is 31.2. The van der Waals surface area contributed by atoms with Crippen molar-refractivity contribution in [2.75, 3.05) is 0 Å². The van der Waals surface area contributed by atoms with E-state index in [1.807, 2.05) is 68.4 Å². The molecule has 3 aromatic rings. The van der Waals surface area contributed by atoms with Crippen molar-refractivity contribution >= 4 is 13.7 Å². The van der Waals surface area contributed by atoms with Crippen molar-refractivity contribution < 1.29 is 23.1 Å². The molecule has 0 radical (unpaired) electrons. The van der Waals surface area contributed by atoms with Crippen LogP contribution in [0.4, 0.5) is 4.79 Å². The largest absolute Gasteiger partial charge is 0.453 e. The number of amides is 1. The van der Waals surface area contributed by atoms with Crippen LogP contribution in [-0.4, -0.2) is 11.9 Å². The SMILES string of the molecule is CC(C)[C@@H](NC(=O)OCc1ccccc1)P(=O)(Oc1ccc(C(C)(C)C)cc1)Oc1ccc(C(C)(C)C)cc1. The molecule has 0 unspecified atom stereocenters. The Kier molecular flexibility index (Phi) is 9.55. The molecule has 0 aliphatic carbocycles. The average Bonchev–Trinajstić information content (AvgIpc) is 2.86. The molecule has 0 spiro atoms. The van der Waals surface area contributed by atoms with Crippen LogP contribution >= 0.6 is 7.60 Å². The molecule has 0 aromatic heterocycles. The Labute approximate surface area is 233 Å². The van der Waals surface area contributed by atoms with Crippen LogP contribution in [0.2, 0.25) is 0 Å².